The molecule has 88 valence electrons. The monoisotopic (exact) mass is 218 g/mol. The van der Waals surface area contributed by atoms with Crippen molar-refractivity contribution < 1.29 is 0 Å². The van der Waals surface area contributed by atoms with E-state index in [0.717, 1.165) is 25.9 Å². The highest BCUT2D eigenvalue weighted by molar-refractivity contribution is 5.14. The molecule has 0 aliphatic carbocycles. The Bertz CT molecular complexity index is 295. The van der Waals surface area contributed by atoms with E-state index < -0.39 is 0 Å². The standard InChI is InChI=1S/C14H22N2/c1-3-14(15)10-11-16(4-2)12-13-8-6-5-7-9-13/h4-9,14H,2-3,10-12,15H2,1H3. The normalized spacial score (nSPS) is 12.1. The second-order valence-electron chi connectivity index (χ2n) is 4.10. The lowest BCUT2D eigenvalue weighted by atomic mass is 10.1. The molecule has 1 unspecified atom stereocenters. The van der Waals surface area contributed by atoms with Gasteiger partial charge in [0.15, 0.2) is 0 Å². The zero-order valence-electron chi connectivity index (χ0n) is 10.1. The molecule has 0 amide bonds. The molecule has 2 heteroatoms. The molecule has 0 fully saturated rings. The number of rotatable bonds is 7. The second-order valence-corrected chi connectivity index (χ2v) is 4.10. The van der Waals surface area contributed by atoms with E-state index in [9.17, 15) is 0 Å². The van der Waals surface area contributed by atoms with Gasteiger partial charge >= 0.3 is 0 Å². The third-order valence-corrected chi connectivity index (χ3v) is 2.80. The zero-order chi connectivity index (χ0) is 11.8. The smallest absolute Gasteiger partial charge is 0.0423 e. The third kappa shape index (κ3) is 4.49. The quantitative estimate of drug-likeness (QED) is 0.762. The van der Waals surface area contributed by atoms with Crippen LogP contribution in [0.15, 0.2) is 43.1 Å². The largest absolute Gasteiger partial charge is 0.374 e. The average molecular weight is 218 g/mol. The summed E-state index contributed by atoms with van der Waals surface area (Å²) in [6, 6.07) is 10.7. The van der Waals surface area contributed by atoms with Gasteiger partial charge in [-0.1, -0.05) is 43.8 Å². The van der Waals surface area contributed by atoms with Crippen LogP contribution >= 0.6 is 0 Å². The number of nitrogens with two attached hydrogens (primary N) is 1. The van der Waals surface area contributed by atoms with Gasteiger partial charge in [0, 0.05) is 19.1 Å². The Morgan fingerprint density at radius 2 is 2.06 bits per heavy atom. The molecule has 2 N–H and O–H groups in total. The van der Waals surface area contributed by atoms with Gasteiger partial charge in [-0.2, -0.15) is 0 Å². The van der Waals surface area contributed by atoms with Crippen LogP contribution in [-0.4, -0.2) is 17.5 Å². The lowest BCUT2D eigenvalue weighted by Crippen LogP contribution is -2.26. The first-order valence-corrected chi connectivity index (χ1v) is 5.92. The minimum absolute atomic E-state index is 0.304. The van der Waals surface area contributed by atoms with Crippen LogP contribution in [0.5, 0.6) is 0 Å². The Hall–Kier alpha value is -1.28. The topological polar surface area (TPSA) is 29.3 Å². The molecule has 2 nitrogen and oxygen atoms in total. The van der Waals surface area contributed by atoms with Crippen LogP contribution in [0.1, 0.15) is 25.3 Å². The summed E-state index contributed by atoms with van der Waals surface area (Å²) in [6.45, 7) is 7.87. The molecule has 0 bridgehead atoms. The molecule has 1 aromatic carbocycles. The lowest BCUT2D eigenvalue weighted by Gasteiger charge is -2.21. The maximum absolute atomic E-state index is 5.91. The minimum atomic E-state index is 0.304. The van der Waals surface area contributed by atoms with Crippen molar-refractivity contribution in [3.05, 3.63) is 48.7 Å². The van der Waals surface area contributed by atoms with E-state index in [0.29, 0.717) is 6.04 Å². The predicted octanol–water partition coefficient (Wildman–Crippen LogP) is 2.76. The molecule has 0 spiro atoms. The average Bonchev–Trinajstić information content (AvgIpc) is 2.35. The summed E-state index contributed by atoms with van der Waals surface area (Å²) in [6.07, 6.45) is 3.96. The SMILES string of the molecule is C=CN(CCC(N)CC)Cc1ccccc1. The fourth-order valence-electron chi connectivity index (χ4n) is 1.59. The molecular formula is C14H22N2. The van der Waals surface area contributed by atoms with Gasteiger partial charge in [-0.25, -0.2) is 0 Å². The van der Waals surface area contributed by atoms with Crippen molar-refractivity contribution in [2.45, 2.75) is 32.4 Å². The van der Waals surface area contributed by atoms with Crippen molar-refractivity contribution in [2.75, 3.05) is 6.54 Å². The highest BCUT2D eigenvalue weighted by atomic mass is 15.1. The van der Waals surface area contributed by atoms with Gasteiger partial charge in [-0.3, -0.25) is 0 Å². The maximum atomic E-state index is 5.91. The Labute approximate surface area is 98.8 Å². The summed E-state index contributed by atoms with van der Waals surface area (Å²) in [5.41, 5.74) is 7.22. The van der Waals surface area contributed by atoms with Crippen molar-refractivity contribution in [1.82, 2.24) is 4.90 Å². The van der Waals surface area contributed by atoms with Crippen LogP contribution in [0.25, 0.3) is 0 Å². The minimum Gasteiger partial charge on any atom is -0.374 e. The van der Waals surface area contributed by atoms with E-state index in [4.69, 9.17) is 5.73 Å². The first-order chi connectivity index (χ1) is 7.76. The van der Waals surface area contributed by atoms with Crippen molar-refractivity contribution in [3.8, 4) is 0 Å². The Morgan fingerprint density at radius 1 is 1.38 bits per heavy atom. The molecule has 0 aliphatic heterocycles. The molecule has 0 saturated heterocycles. The zero-order valence-corrected chi connectivity index (χ0v) is 10.1. The van der Waals surface area contributed by atoms with E-state index in [2.05, 4.69) is 42.7 Å². The van der Waals surface area contributed by atoms with Crippen LogP contribution in [0.3, 0.4) is 0 Å². The first kappa shape index (κ1) is 12.8. The molecule has 0 aliphatic rings. The van der Waals surface area contributed by atoms with Gasteiger partial charge in [-0.05, 0) is 24.6 Å². The van der Waals surface area contributed by atoms with Gasteiger partial charge in [-0.15, -0.1) is 0 Å². The fourth-order valence-corrected chi connectivity index (χ4v) is 1.59. The molecule has 1 rings (SSSR count). The Balaban J connectivity index is 2.40. The fraction of sp³-hybridized carbons (Fsp3) is 0.429. The van der Waals surface area contributed by atoms with Crippen LogP contribution in [0.2, 0.25) is 0 Å². The summed E-state index contributed by atoms with van der Waals surface area (Å²) in [5.74, 6) is 0. The number of hydrogen-bond donors (Lipinski definition) is 1. The highest BCUT2D eigenvalue weighted by Crippen LogP contribution is 2.06. The number of nitrogens with zero attached hydrogens (tertiary/aromatic N) is 1. The van der Waals surface area contributed by atoms with Crippen molar-refractivity contribution in [1.29, 1.82) is 0 Å². The Morgan fingerprint density at radius 3 is 2.62 bits per heavy atom. The predicted molar refractivity (Wildman–Crippen MR) is 69.9 cm³/mol. The lowest BCUT2D eigenvalue weighted by molar-refractivity contribution is 0.347. The van der Waals surface area contributed by atoms with Crippen molar-refractivity contribution in [3.63, 3.8) is 0 Å². The van der Waals surface area contributed by atoms with Crippen molar-refractivity contribution >= 4 is 0 Å². The van der Waals surface area contributed by atoms with Crippen LogP contribution in [0, 0.1) is 0 Å². The molecule has 1 aromatic rings. The van der Waals surface area contributed by atoms with Gasteiger partial charge < -0.3 is 10.6 Å². The van der Waals surface area contributed by atoms with Gasteiger partial charge in [0.2, 0.25) is 0 Å². The van der Waals surface area contributed by atoms with Gasteiger partial charge in [0.1, 0.15) is 0 Å². The van der Waals surface area contributed by atoms with Crippen LogP contribution in [-0.2, 0) is 6.54 Å². The molecule has 0 saturated carbocycles. The second kappa shape index (κ2) is 7.07. The van der Waals surface area contributed by atoms with E-state index in [1.165, 1.54) is 5.56 Å². The Kier molecular flexibility index (Phi) is 5.65. The highest BCUT2D eigenvalue weighted by Gasteiger charge is 2.03. The third-order valence-electron chi connectivity index (χ3n) is 2.80. The summed E-state index contributed by atoms with van der Waals surface area (Å²) < 4.78 is 0. The van der Waals surface area contributed by atoms with Crippen LogP contribution < -0.4 is 5.73 Å². The van der Waals surface area contributed by atoms with E-state index in [1.807, 2.05) is 12.3 Å². The molecule has 0 radical (unpaired) electrons. The maximum Gasteiger partial charge on any atom is 0.0423 e. The summed E-state index contributed by atoms with van der Waals surface area (Å²) in [5, 5.41) is 0. The summed E-state index contributed by atoms with van der Waals surface area (Å²) >= 11 is 0. The first-order valence-electron chi connectivity index (χ1n) is 5.92. The van der Waals surface area contributed by atoms with E-state index in [-0.39, 0.29) is 0 Å². The molecular weight excluding hydrogens is 196 g/mol. The van der Waals surface area contributed by atoms with Gasteiger partial charge in [0.25, 0.3) is 0 Å². The van der Waals surface area contributed by atoms with E-state index in [1.54, 1.807) is 0 Å². The summed E-state index contributed by atoms with van der Waals surface area (Å²) in [7, 11) is 0. The molecule has 16 heavy (non-hydrogen) atoms. The molecule has 0 heterocycles. The van der Waals surface area contributed by atoms with Gasteiger partial charge in [0.05, 0.1) is 0 Å². The number of benzene rings is 1. The molecule has 0 aromatic heterocycles. The van der Waals surface area contributed by atoms with Crippen molar-refractivity contribution in [2.24, 2.45) is 5.73 Å². The number of hydrogen-bond acceptors (Lipinski definition) is 2. The van der Waals surface area contributed by atoms with E-state index >= 15 is 0 Å². The summed E-state index contributed by atoms with van der Waals surface area (Å²) in [4.78, 5) is 2.21. The molecule has 1 atom stereocenters. The van der Waals surface area contributed by atoms with Crippen LogP contribution in [0.4, 0.5) is 0 Å².